The summed E-state index contributed by atoms with van der Waals surface area (Å²) in [5.74, 6) is -0.206. The van der Waals surface area contributed by atoms with Crippen molar-refractivity contribution in [1.29, 1.82) is 0 Å². The lowest BCUT2D eigenvalue weighted by molar-refractivity contribution is 0.0519. The topological polar surface area (TPSA) is 84.6 Å². The highest BCUT2D eigenvalue weighted by Gasteiger charge is 2.36. The van der Waals surface area contributed by atoms with Crippen molar-refractivity contribution in [3.8, 4) is 11.3 Å². The molecule has 0 saturated carbocycles. The molecule has 3 atom stereocenters. The van der Waals surface area contributed by atoms with Crippen LogP contribution in [0.3, 0.4) is 0 Å². The number of aromatic nitrogens is 3. The Morgan fingerprint density at radius 1 is 1.34 bits per heavy atom. The van der Waals surface area contributed by atoms with E-state index < -0.39 is 36.8 Å². The molecule has 12 heteroatoms. The lowest BCUT2D eigenvalue weighted by Crippen LogP contribution is -2.25. The molecule has 0 saturated heterocycles. The van der Waals surface area contributed by atoms with E-state index in [0.29, 0.717) is 33.3 Å². The van der Waals surface area contributed by atoms with Gasteiger partial charge in [0.1, 0.15) is 10.6 Å². The number of hydrogen-bond donors (Lipinski definition) is 1. The molecular weight excluding hydrogens is 499 g/mol. The number of sulfone groups is 1. The van der Waals surface area contributed by atoms with Crippen LogP contribution in [0.4, 0.5) is 8.78 Å². The van der Waals surface area contributed by atoms with E-state index in [1.165, 1.54) is 37.2 Å². The number of hydrogen-bond acceptors (Lipinski definition) is 6. The van der Waals surface area contributed by atoms with E-state index in [1.54, 1.807) is 20.8 Å². The smallest absolute Gasteiger partial charge is 0.285 e. The van der Waals surface area contributed by atoms with Crippen LogP contribution in [0, 0.1) is 6.92 Å². The molecule has 1 aromatic carbocycles. The van der Waals surface area contributed by atoms with Crippen molar-refractivity contribution in [2.24, 2.45) is 0 Å². The molecule has 0 aliphatic heterocycles. The first-order chi connectivity index (χ1) is 14.8. The van der Waals surface area contributed by atoms with Gasteiger partial charge in [-0.05, 0) is 32.8 Å². The lowest BCUT2D eigenvalue weighted by atomic mass is 10.1. The first-order valence-electron chi connectivity index (χ1n) is 9.98. The number of aliphatic hydroxyl groups is 1. The Morgan fingerprint density at radius 3 is 2.53 bits per heavy atom. The van der Waals surface area contributed by atoms with E-state index in [9.17, 15) is 22.3 Å². The Morgan fingerprint density at radius 2 is 2.00 bits per heavy atom. The lowest BCUT2D eigenvalue weighted by Gasteiger charge is -2.20. The molecule has 2 heterocycles. The van der Waals surface area contributed by atoms with Gasteiger partial charge in [-0.25, -0.2) is 17.9 Å². The summed E-state index contributed by atoms with van der Waals surface area (Å²) in [6.45, 7) is 6.86. The monoisotopic (exact) mass is 523 g/mol. The van der Waals surface area contributed by atoms with Crippen molar-refractivity contribution in [3.05, 3.63) is 34.5 Å². The average Bonchev–Trinajstić information content (AvgIpc) is 3.24. The summed E-state index contributed by atoms with van der Waals surface area (Å²) >= 11 is 7.07. The second kappa shape index (κ2) is 8.87. The van der Waals surface area contributed by atoms with E-state index in [0.717, 1.165) is 6.07 Å². The highest BCUT2D eigenvalue weighted by Crippen LogP contribution is 2.42. The zero-order valence-corrected chi connectivity index (χ0v) is 21.6. The summed E-state index contributed by atoms with van der Waals surface area (Å²) in [6.07, 6.45) is 0.630. The summed E-state index contributed by atoms with van der Waals surface area (Å²) in [5, 5.41) is 14.5. The molecule has 3 unspecified atom stereocenters. The molecule has 0 amide bonds. The number of rotatable bonds is 8. The van der Waals surface area contributed by atoms with Crippen LogP contribution in [-0.2, 0) is 21.1 Å². The van der Waals surface area contributed by atoms with Gasteiger partial charge in [0, 0.05) is 17.0 Å². The molecule has 1 N–H and O–H groups in total. The Balaban J connectivity index is 2.28. The highest BCUT2D eigenvalue weighted by molar-refractivity contribution is 7.92. The van der Waals surface area contributed by atoms with Crippen molar-refractivity contribution in [3.63, 3.8) is 0 Å². The molecular formula is C20H25ClF2N3O3PS2. The molecule has 176 valence electrons. The van der Waals surface area contributed by atoms with Crippen molar-refractivity contribution in [2.45, 2.75) is 61.9 Å². The molecule has 0 bridgehead atoms. The molecule has 3 aromatic rings. The minimum absolute atomic E-state index is 0.190. The van der Waals surface area contributed by atoms with Crippen molar-refractivity contribution in [2.75, 3.05) is 5.88 Å². The Labute approximate surface area is 197 Å². The van der Waals surface area contributed by atoms with Crippen LogP contribution in [0.1, 0.15) is 49.9 Å². The van der Waals surface area contributed by atoms with Crippen LogP contribution in [0.5, 0.6) is 0 Å². The van der Waals surface area contributed by atoms with Crippen LogP contribution >= 0.6 is 32.2 Å². The summed E-state index contributed by atoms with van der Waals surface area (Å²) in [5.41, 5.74) is -3.79. The average molecular weight is 524 g/mol. The standard InChI is InChI=1S/C20H25ClF2N3O3PS2/c1-5-13(10-21)32(28,29)15-9-12(7-8-14(15)20(22,23)30)16-11(3)24-18-26(16)25-17(31-18)19(4,27)6-2/h7-9,13,27H,5-6,10,30H2,1-4H3. The zero-order chi connectivity index (χ0) is 24.1. The minimum atomic E-state index is -4.13. The van der Waals surface area contributed by atoms with E-state index in [-0.39, 0.29) is 12.3 Å². The van der Waals surface area contributed by atoms with Gasteiger partial charge in [0.2, 0.25) is 4.96 Å². The number of halogens is 3. The number of benzene rings is 1. The van der Waals surface area contributed by atoms with Crippen molar-refractivity contribution < 1.29 is 22.3 Å². The van der Waals surface area contributed by atoms with Crippen molar-refractivity contribution >= 4 is 47.0 Å². The highest BCUT2D eigenvalue weighted by atomic mass is 35.5. The summed E-state index contributed by atoms with van der Waals surface area (Å²) in [4.78, 5) is 4.52. The molecule has 0 spiro atoms. The van der Waals surface area contributed by atoms with Gasteiger partial charge >= 0.3 is 0 Å². The largest absolute Gasteiger partial charge is 0.383 e. The van der Waals surface area contributed by atoms with Gasteiger partial charge in [-0.2, -0.15) is 13.9 Å². The third-order valence-electron chi connectivity index (χ3n) is 5.51. The number of fused-ring (bicyclic) bond motifs is 1. The molecule has 3 rings (SSSR count). The van der Waals surface area contributed by atoms with E-state index in [4.69, 9.17) is 11.6 Å². The maximum Gasteiger partial charge on any atom is 0.285 e. The van der Waals surface area contributed by atoms with Gasteiger partial charge in [0.15, 0.2) is 9.84 Å². The van der Waals surface area contributed by atoms with E-state index in [2.05, 4.69) is 10.1 Å². The predicted octanol–water partition coefficient (Wildman–Crippen LogP) is 5.10. The Bertz CT molecular complexity index is 1250. The molecule has 0 radical (unpaired) electrons. The maximum absolute atomic E-state index is 14.3. The minimum Gasteiger partial charge on any atom is -0.383 e. The third-order valence-corrected chi connectivity index (χ3v) is 9.87. The fourth-order valence-corrected chi connectivity index (χ4v) is 7.22. The predicted molar refractivity (Wildman–Crippen MR) is 126 cm³/mol. The fraction of sp³-hybridized carbons (Fsp3) is 0.500. The van der Waals surface area contributed by atoms with Gasteiger partial charge in [-0.1, -0.05) is 46.6 Å². The number of imidazole rings is 1. The van der Waals surface area contributed by atoms with Crippen LogP contribution in [0.2, 0.25) is 0 Å². The van der Waals surface area contributed by atoms with Crippen LogP contribution in [0.25, 0.3) is 16.2 Å². The molecule has 0 aliphatic carbocycles. The first kappa shape index (κ1) is 25.4. The van der Waals surface area contributed by atoms with Crippen molar-refractivity contribution in [1.82, 2.24) is 14.6 Å². The third kappa shape index (κ3) is 4.44. The van der Waals surface area contributed by atoms with Crippen LogP contribution in [-0.4, -0.2) is 39.3 Å². The Hall–Kier alpha value is -1.19. The summed E-state index contributed by atoms with van der Waals surface area (Å²) in [7, 11) is -2.74. The zero-order valence-electron chi connectivity index (χ0n) is 18.1. The SMILES string of the molecule is CCC(CCl)S(=O)(=O)c1cc(-c2c(C)nc3sc(C(C)(O)CC)nn23)ccc1C(F)(F)P. The van der Waals surface area contributed by atoms with E-state index >= 15 is 0 Å². The second-order valence-electron chi connectivity index (χ2n) is 7.84. The van der Waals surface area contributed by atoms with Gasteiger partial charge < -0.3 is 5.11 Å². The molecule has 0 fully saturated rings. The number of alkyl halides is 3. The first-order valence-corrected chi connectivity index (χ1v) is 13.5. The maximum atomic E-state index is 14.3. The van der Waals surface area contributed by atoms with Gasteiger partial charge in [0.25, 0.3) is 5.66 Å². The summed E-state index contributed by atoms with van der Waals surface area (Å²) in [6, 6.07) is 3.79. The van der Waals surface area contributed by atoms with Gasteiger partial charge in [-0.3, -0.25) is 0 Å². The van der Waals surface area contributed by atoms with Gasteiger partial charge in [0.05, 0.1) is 21.5 Å². The molecule has 32 heavy (non-hydrogen) atoms. The number of nitrogens with zero attached hydrogens (tertiary/aromatic N) is 3. The normalized spacial score (nSPS) is 15.8. The molecule has 0 aliphatic rings. The fourth-order valence-electron chi connectivity index (χ4n) is 3.32. The molecule has 6 nitrogen and oxygen atoms in total. The second-order valence-corrected chi connectivity index (χ2v) is 12.0. The quantitative estimate of drug-likeness (QED) is 0.328. The van der Waals surface area contributed by atoms with Crippen LogP contribution in [0.15, 0.2) is 23.1 Å². The molecule has 2 aromatic heterocycles. The summed E-state index contributed by atoms with van der Waals surface area (Å²) < 4.78 is 56.5. The van der Waals surface area contributed by atoms with Crippen LogP contribution < -0.4 is 0 Å². The van der Waals surface area contributed by atoms with E-state index in [1.807, 2.05) is 6.92 Å². The Kier molecular flexibility index (Phi) is 7.05. The van der Waals surface area contributed by atoms with Gasteiger partial charge in [-0.15, -0.1) is 11.6 Å². The number of aryl methyl sites for hydroxylation is 1.